The highest BCUT2D eigenvalue weighted by Gasteiger charge is 2.19. The second kappa shape index (κ2) is 10.4. The van der Waals surface area contributed by atoms with Crippen molar-refractivity contribution in [2.75, 3.05) is 0 Å². The molecule has 0 N–H and O–H groups in total. The van der Waals surface area contributed by atoms with Gasteiger partial charge in [-0.3, -0.25) is 0 Å². The second-order valence-corrected chi connectivity index (χ2v) is 14.4. The van der Waals surface area contributed by atoms with E-state index in [2.05, 4.69) is 182 Å². The Balaban J connectivity index is 1.04. The topological polar surface area (TPSA) is 0 Å². The monoisotopic (exact) mass is 654 g/mol. The molecule has 0 saturated heterocycles. The van der Waals surface area contributed by atoms with E-state index in [1.54, 1.807) is 0 Å². The van der Waals surface area contributed by atoms with Gasteiger partial charge in [0.25, 0.3) is 0 Å². The van der Waals surface area contributed by atoms with Gasteiger partial charge in [-0.1, -0.05) is 158 Å². The van der Waals surface area contributed by atoms with E-state index in [9.17, 15) is 0 Å². The molecule has 0 aliphatic carbocycles. The van der Waals surface area contributed by atoms with E-state index in [0.717, 1.165) is 0 Å². The average Bonchev–Trinajstić information content (AvgIpc) is 3.21. The molecule has 0 heterocycles. The van der Waals surface area contributed by atoms with Crippen LogP contribution in [0, 0.1) is 0 Å². The highest BCUT2D eigenvalue weighted by atomic mass is 14.2. The van der Waals surface area contributed by atoms with E-state index in [1.165, 1.54) is 120 Å². The van der Waals surface area contributed by atoms with E-state index in [-0.39, 0.29) is 0 Å². The second-order valence-electron chi connectivity index (χ2n) is 14.4. The maximum Gasteiger partial charge on any atom is -0.00259 e. The third kappa shape index (κ3) is 3.87. The fourth-order valence-electron chi connectivity index (χ4n) is 9.40. The van der Waals surface area contributed by atoms with Crippen LogP contribution in [-0.2, 0) is 0 Å². The first-order valence-electron chi connectivity index (χ1n) is 18.2. The maximum absolute atomic E-state index is 2.41. The molecular formula is C52H30. The maximum atomic E-state index is 2.41. The minimum Gasteiger partial charge on any atom is -0.0616 e. The highest BCUT2D eigenvalue weighted by Crippen LogP contribution is 2.46. The van der Waals surface area contributed by atoms with Crippen LogP contribution in [0.2, 0.25) is 0 Å². The molecule has 0 aliphatic rings. The first kappa shape index (κ1) is 28.0. The van der Waals surface area contributed by atoms with Crippen LogP contribution in [0.25, 0.3) is 120 Å². The molecule has 0 nitrogen and oxygen atoms in total. The largest absolute Gasteiger partial charge is 0.0616 e. The fourth-order valence-corrected chi connectivity index (χ4v) is 9.40. The molecule has 0 saturated carbocycles. The van der Waals surface area contributed by atoms with Gasteiger partial charge < -0.3 is 0 Å². The number of hydrogen-bond donors (Lipinski definition) is 0. The van der Waals surface area contributed by atoms with E-state index in [0.29, 0.717) is 0 Å². The van der Waals surface area contributed by atoms with Crippen molar-refractivity contribution >= 4 is 86.2 Å². The van der Waals surface area contributed by atoms with Crippen molar-refractivity contribution in [1.82, 2.24) is 0 Å². The molecule has 0 aromatic heterocycles. The van der Waals surface area contributed by atoms with E-state index in [1.807, 2.05) is 0 Å². The normalized spacial score (nSPS) is 12.2. The summed E-state index contributed by atoms with van der Waals surface area (Å²) in [6.45, 7) is 0. The molecule has 0 aliphatic heterocycles. The van der Waals surface area contributed by atoms with Crippen LogP contribution in [-0.4, -0.2) is 0 Å². The molecule has 52 heavy (non-hydrogen) atoms. The van der Waals surface area contributed by atoms with Gasteiger partial charge in [0.15, 0.2) is 0 Å². The first-order valence-corrected chi connectivity index (χ1v) is 18.2. The van der Waals surface area contributed by atoms with Gasteiger partial charge in [0.1, 0.15) is 0 Å². The predicted molar refractivity (Wildman–Crippen MR) is 225 cm³/mol. The minimum atomic E-state index is 1.23. The summed E-state index contributed by atoms with van der Waals surface area (Å²) in [7, 11) is 0. The van der Waals surface area contributed by atoms with Gasteiger partial charge >= 0.3 is 0 Å². The summed E-state index contributed by atoms with van der Waals surface area (Å²) in [5.74, 6) is 0. The van der Waals surface area contributed by atoms with Crippen LogP contribution in [0.15, 0.2) is 182 Å². The van der Waals surface area contributed by atoms with Gasteiger partial charge in [0.2, 0.25) is 0 Å². The molecule has 12 aromatic rings. The third-order valence-corrected chi connectivity index (χ3v) is 11.7. The lowest BCUT2D eigenvalue weighted by Gasteiger charge is -2.19. The summed E-state index contributed by atoms with van der Waals surface area (Å²) in [5.41, 5.74) is 7.55. The molecule has 12 aromatic carbocycles. The Bertz CT molecular complexity index is 3200. The Kier molecular flexibility index (Phi) is 5.59. The highest BCUT2D eigenvalue weighted by molar-refractivity contribution is 6.27. The number of fused-ring (bicyclic) bond motifs is 2. The Hall–Kier alpha value is -6.76. The van der Waals surface area contributed by atoms with Crippen molar-refractivity contribution < 1.29 is 0 Å². The van der Waals surface area contributed by atoms with Gasteiger partial charge in [-0.15, -0.1) is 0 Å². The smallest absolute Gasteiger partial charge is 0.00259 e. The van der Waals surface area contributed by atoms with Crippen LogP contribution < -0.4 is 0 Å². The average molecular weight is 655 g/mol. The van der Waals surface area contributed by atoms with E-state index >= 15 is 0 Å². The molecule has 0 radical (unpaired) electrons. The lowest BCUT2D eigenvalue weighted by molar-refractivity contribution is 1.64. The predicted octanol–water partition coefficient (Wildman–Crippen LogP) is 14.8. The summed E-state index contributed by atoms with van der Waals surface area (Å²) in [4.78, 5) is 0. The van der Waals surface area contributed by atoms with Crippen molar-refractivity contribution in [2.24, 2.45) is 0 Å². The molecule has 0 spiro atoms. The quantitative estimate of drug-likeness (QED) is 0.131. The van der Waals surface area contributed by atoms with Crippen molar-refractivity contribution in [3.63, 3.8) is 0 Å². The Morgan fingerprint density at radius 1 is 0.192 bits per heavy atom. The SMILES string of the molecule is c1cc2ccc3cc(-c4ccc(-c5c6ccccc6c(-c6cc7ccc8cccc9ccc(c6)c7c89)c6ccccc56)cc4)cc4ccc(c1)c2c34. The van der Waals surface area contributed by atoms with Gasteiger partial charge in [-0.25, -0.2) is 0 Å². The minimum absolute atomic E-state index is 1.23. The van der Waals surface area contributed by atoms with Gasteiger partial charge in [0.05, 0.1) is 0 Å². The Morgan fingerprint density at radius 3 is 0.904 bits per heavy atom. The molecule has 0 amide bonds. The molecule has 12 rings (SSSR count). The van der Waals surface area contributed by atoms with Crippen LogP contribution in [0.1, 0.15) is 0 Å². The molecule has 238 valence electrons. The van der Waals surface area contributed by atoms with Gasteiger partial charge in [-0.05, 0) is 144 Å². The third-order valence-electron chi connectivity index (χ3n) is 11.7. The van der Waals surface area contributed by atoms with Gasteiger partial charge in [-0.2, -0.15) is 0 Å². The Morgan fingerprint density at radius 2 is 0.500 bits per heavy atom. The summed E-state index contributed by atoms with van der Waals surface area (Å²) < 4.78 is 0. The van der Waals surface area contributed by atoms with E-state index in [4.69, 9.17) is 0 Å². The molecule has 0 bridgehead atoms. The van der Waals surface area contributed by atoms with Crippen LogP contribution >= 0.6 is 0 Å². The zero-order valence-electron chi connectivity index (χ0n) is 28.3. The van der Waals surface area contributed by atoms with Crippen molar-refractivity contribution in [2.45, 2.75) is 0 Å². The Labute approximate surface area is 300 Å². The molecule has 0 atom stereocenters. The first-order chi connectivity index (χ1) is 25.8. The molecule has 0 unspecified atom stereocenters. The van der Waals surface area contributed by atoms with Crippen LogP contribution in [0.3, 0.4) is 0 Å². The zero-order valence-corrected chi connectivity index (χ0v) is 28.3. The number of hydrogen-bond acceptors (Lipinski definition) is 0. The summed E-state index contributed by atoms with van der Waals surface area (Å²) in [6, 6.07) is 68.2. The zero-order chi connectivity index (χ0) is 33.9. The van der Waals surface area contributed by atoms with Crippen LogP contribution in [0.4, 0.5) is 0 Å². The molecule has 0 heteroatoms. The fraction of sp³-hybridized carbons (Fsp3) is 0. The van der Waals surface area contributed by atoms with Crippen molar-refractivity contribution in [3.8, 4) is 33.4 Å². The molecular weight excluding hydrogens is 625 g/mol. The summed E-state index contributed by atoms with van der Waals surface area (Å²) >= 11 is 0. The molecule has 0 fully saturated rings. The van der Waals surface area contributed by atoms with Crippen molar-refractivity contribution in [1.29, 1.82) is 0 Å². The summed E-state index contributed by atoms with van der Waals surface area (Å²) in [5, 5.41) is 20.9. The van der Waals surface area contributed by atoms with Crippen LogP contribution in [0.5, 0.6) is 0 Å². The number of benzene rings is 12. The lowest BCUT2D eigenvalue weighted by Crippen LogP contribution is -1.92. The number of rotatable bonds is 3. The van der Waals surface area contributed by atoms with Gasteiger partial charge in [0, 0.05) is 0 Å². The summed E-state index contributed by atoms with van der Waals surface area (Å²) in [6.07, 6.45) is 0. The van der Waals surface area contributed by atoms with E-state index < -0.39 is 0 Å². The van der Waals surface area contributed by atoms with Crippen molar-refractivity contribution in [3.05, 3.63) is 182 Å². The standard InChI is InChI=1S/C52H30/c1-3-13-45-43(11-1)51(36-17-15-31(16-18-36)41-27-37-23-19-32-7-5-8-33-20-24-38(28-41)49(37)47(32)33)44-12-2-4-14-46(44)52(45)42-29-39-25-21-34-9-6-10-35-22-26-40(30-42)50(39)48(34)35/h1-30H. The lowest BCUT2D eigenvalue weighted by atomic mass is 9.84.